The number of H-pyrrole nitrogens is 1. The Kier molecular flexibility index (Phi) is 5.79. The minimum atomic E-state index is -0.629. The van der Waals surface area contributed by atoms with Crippen molar-refractivity contribution in [2.45, 2.75) is 44.1 Å². The predicted molar refractivity (Wildman–Crippen MR) is 107 cm³/mol. The van der Waals surface area contributed by atoms with Gasteiger partial charge in [-0.05, 0) is 38.1 Å². The number of thioether (sulfide) groups is 1. The maximum atomic E-state index is 14.4. The average molecular weight is 388 g/mol. The summed E-state index contributed by atoms with van der Waals surface area (Å²) in [5, 5.41) is 4.25. The Morgan fingerprint density at radius 1 is 1.07 bits per heavy atom. The molecule has 0 aliphatic rings. The first kappa shape index (κ1) is 19.4. The van der Waals surface area contributed by atoms with E-state index in [1.165, 1.54) is 12.1 Å². The van der Waals surface area contributed by atoms with E-state index >= 15 is 0 Å². The summed E-state index contributed by atoms with van der Waals surface area (Å²) in [5.74, 6) is -0.522. The van der Waals surface area contributed by atoms with Crippen LogP contribution in [0.5, 0.6) is 0 Å². The van der Waals surface area contributed by atoms with E-state index in [9.17, 15) is 8.78 Å². The third kappa shape index (κ3) is 4.66. The number of nitrogens with zero attached hydrogens (tertiary/aromatic N) is 2. The highest BCUT2D eigenvalue weighted by Crippen LogP contribution is 2.35. The molecule has 3 rings (SSSR count). The van der Waals surface area contributed by atoms with Gasteiger partial charge in [0, 0.05) is 34.7 Å². The maximum absolute atomic E-state index is 14.4. The molecule has 0 aliphatic carbocycles. The number of rotatable bonds is 6. The smallest absolute Gasteiger partial charge is 0.166 e. The van der Waals surface area contributed by atoms with Gasteiger partial charge in [0.1, 0.15) is 17.5 Å². The van der Waals surface area contributed by atoms with Crippen LogP contribution < -0.4 is 5.32 Å². The number of aromatic amines is 1. The Hall–Kier alpha value is -2.41. The molecule has 2 aromatic heterocycles. The van der Waals surface area contributed by atoms with Crippen LogP contribution in [0, 0.1) is 11.6 Å². The van der Waals surface area contributed by atoms with Crippen LogP contribution in [0.4, 0.5) is 14.6 Å². The van der Waals surface area contributed by atoms with Gasteiger partial charge >= 0.3 is 0 Å². The second-order valence-corrected chi connectivity index (χ2v) is 8.35. The standard InChI is InChI=1S/C20H22F2N4S/c1-11(2)24-17-9-13(7-8-23-17)18-19(26-20(25-18)27-12(3)4)15-6-5-14(21)10-16(15)22/h5-12H,1-4H3,(H,23,24)(H,25,26). The van der Waals surface area contributed by atoms with E-state index in [0.717, 1.165) is 11.6 Å². The molecule has 0 spiro atoms. The third-order valence-corrected chi connectivity index (χ3v) is 4.59. The van der Waals surface area contributed by atoms with E-state index in [1.54, 1.807) is 18.0 Å². The number of hydrogen-bond donors (Lipinski definition) is 2. The zero-order chi connectivity index (χ0) is 19.6. The highest BCUT2D eigenvalue weighted by atomic mass is 32.2. The largest absolute Gasteiger partial charge is 0.368 e. The van der Waals surface area contributed by atoms with Gasteiger partial charge in [-0.25, -0.2) is 18.7 Å². The van der Waals surface area contributed by atoms with Crippen LogP contribution in [0.15, 0.2) is 41.7 Å². The molecule has 0 bridgehead atoms. The molecule has 0 radical (unpaired) electrons. The van der Waals surface area contributed by atoms with Crippen molar-refractivity contribution in [2.75, 3.05) is 5.32 Å². The summed E-state index contributed by atoms with van der Waals surface area (Å²) in [6, 6.07) is 7.50. The van der Waals surface area contributed by atoms with Crippen LogP contribution in [0.2, 0.25) is 0 Å². The predicted octanol–water partition coefficient (Wildman–Crippen LogP) is 5.74. The molecule has 1 aromatic carbocycles. The summed E-state index contributed by atoms with van der Waals surface area (Å²) in [4.78, 5) is 12.2. The van der Waals surface area contributed by atoms with E-state index in [4.69, 9.17) is 0 Å². The molecule has 0 saturated carbocycles. The van der Waals surface area contributed by atoms with Crippen molar-refractivity contribution >= 4 is 17.6 Å². The molecule has 3 aromatic rings. The fourth-order valence-electron chi connectivity index (χ4n) is 2.68. The van der Waals surface area contributed by atoms with Gasteiger partial charge in [-0.15, -0.1) is 0 Å². The van der Waals surface area contributed by atoms with Crippen molar-refractivity contribution in [3.63, 3.8) is 0 Å². The third-order valence-electron chi connectivity index (χ3n) is 3.70. The Bertz CT molecular complexity index is 937. The van der Waals surface area contributed by atoms with Crippen molar-refractivity contribution < 1.29 is 8.78 Å². The molecule has 27 heavy (non-hydrogen) atoms. The first-order chi connectivity index (χ1) is 12.8. The zero-order valence-electron chi connectivity index (χ0n) is 15.7. The lowest BCUT2D eigenvalue weighted by molar-refractivity contribution is 0.585. The molecule has 2 N–H and O–H groups in total. The summed E-state index contributed by atoms with van der Waals surface area (Å²) >= 11 is 1.55. The number of benzene rings is 1. The van der Waals surface area contributed by atoms with E-state index < -0.39 is 11.6 Å². The number of pyridine rings is 1. The van der Waals surface area contributed by atoms with Gasteiger partial charge in [0.15, 0.2) is 5.16 Å². The fraction of sp³-hybridized carbons (Fsp3) is 0.300. The second kappa shape index (κ2) is 8.08. The van der Waals surface area contributed by atoms with Crippen molar-refractivity contribution in [3.05, 3.63) is 48.2 Å². The molecule has 0 amide bonds. The van der Waals surface area contributed by atoms with E-state index in [1.807, 2.05) is 26.0 Å². The number of imidazole rings is 1. The summed E-state index contributed by atoms with van der Waals surface area (Å²) in [7, 11) is 0. The quantitative estimate of drug-likeness (QED) is 0.529. The van der Waals surface area contributed by atoms with Crippen LogP contribution in [0.3, 0.4) is 0 Å². The molecule has 0 fully saturated rings. The van der Waals surface area contributed by atoms with Crippen molar-refractivity contribution in [2.24, 2.45) is 0 Å². The number of hydrogen-bond acceptors (Lipinski definition) is 4. The zero-order valence-corrected chi connectivity index (χ0v) is 16.5. The van der Waals surface area contributed by atoms with Crippen molar-refractivity contribution in [3.8, 4) is 22.5 Å². The van der Waals surface area contributed by atoms with E-state index in [2.05, 4.69) is 34.1 Å². The van der Waals surface area contributed by atoms with Crippen LogP contribution in [0.25, 0.3) is 22.5 Å². The summed E-state index contributed by atoms with van der Waals surface area (Å²) < 4.78 is 27.8. The normalized spacial score (nSPS) is 11.4. The molecule has 0 saturated heterocycles. The lowest BCUT2D eigenvalue weighted by Gasteiger charge is -2.10. The molecule has 7 heteroatoms. The summed E-state index contributed by atoms with van der Waals surface area (Å²) in [5.41, 5.74) is 2.22. The Balaban J connectivity index is 2.12. The molecular formula is C20H22F2N4S. The molecular weight excluding hydrogens is 366 g/mol. The minimum Gasteiger partial charge on any atom is -0.368 e. The van der Waals surface area contributed by atoms with E-state index in [0.29, 0.717) is 27.6 Å². The lowest BCUT2D eigenvalue weighted by atomic mass is 10.1. The number of anilines is 1. The van der Waals surface area contributed by atoms with Crippen LogP contribution in [-0.2, 0) is 0 Å². The Morgan fingerprint density at radius 2 is 1.85 bits per heavy atom. The Labute approximate surface area is 161 Å². The molecule has 4 nitrogen and oxygen atoms in total. The highest BCUT2D eigenvalue weighted by molar-refractivity contribution is 7.99. The first-order valence-corrected chi connectivity index (χ1v) is 9.66. The molecule has 142 valence electrons. The number of halogens is 2. The summed E-state index contributed by atoms with van der Waals surface area (Å²) in [6.45, 7) is 8.17. The van der Waals surface area contributed by atoms with E-state index in [-0.39, 0.29) is 11.6 Å². The topological polar surface area (TPSA) is 53.6 Å². The van der Waals surface area contributed by atoms with Gasteiger partial charge < -0.3 is 10.3 Å². The first-order valence-electron chi connectivity index (χ1n) is 8.78. The van der Waals surface area contributed by atoms with Gasteiger partial charge in [0.25, 0.3) is 0 Å². The Morgan fingerprint density at radius 3 is 2.52 bits per heavy atom. The van der Waals surface area contributed by atoms with Crippen LogP contribution in [0.1, 0.15) is 27.7 Å². The van der Waals surface area contributed by atoms with Gasteiger partial charge in [0.2, 0.25) is 0 Å². The lowest BCUT2D eigenvalue weighted by Crippen LogP contribution is -2.10. The minimum absolute atomic E-state index is 0.230. The fourth-order valence-corrected chi connectivity index (χ4v) is 3.43. The summed E-state index contributed by atoms with van der Waals surface area (Å²) in [6.07, 6.45) is 1.69. The molecule has 2 heterocycles. The van der Waals surface area contributed by atoms with Crippen molar-refractivity contribution in [1.29, 1.82) is 0 Å². The SMILES string of the molecule is CC(C)Nc1cc(-c2nc(SC(C)C)[nH]c2-c2ccc(F)cc2F)ccn1. The molecule has 0 unspecified atom stereocenters. The number of nitrogens with one attached hydrogen (secondary N) is 2. The molecule has 0 aliphatic heterocycles. The van der Waals surface area contributed by atoms with Gasteiger partial charge in [-0.3, -0.25) is 0 Å². The van der Waals surface area contributed by atoms with Gasteiger partial charge in [-0.2, -0.15) is 0 Å². The average Bonchev–Trinajstić information content (AvgIpc) is 2.97. The monoisotopic (exact) mass is 388 g/mol. The number of aromatic nitrogens is 3. The maximum Gasteiger partial charge on any atom is 0.166 e. The van der Waals surface area contributed by atoms with Gasteiger partial charge in [0.05, 0.1) is 11.4 Å². The molecule has 0 atom stereocenters. The van der Waals surface area contributed by atoms with Crippen LogP contribution >= 0.6 is 11.8 Å². The van der Waals surface area contributed by atoms with Crippen molar-refractivity contribution in [1.82, 2.24) is 15.0 Å². The van der Waals surface area contributed by atoms with Gasteiger partial charge in [-0.1, -0.05) is 25.6 Å². The highest BCUT2D eigenvalue weighted by Gasteiger charge is 2.19. The van der Waals surface area contributed by atoms with Crippen LogP contribution in [-0.4, -0.2) is 26.2 Å². The second-order valence-electron chi connectivity index (χ2n) is 6.79.